The van der Waals surface area contributed by atoms with E-state index in [4.69, 9.17) is 9.47 Å². The fraction of sp³-hybridized carbons (Fsp3) is 0.400. The molecule has 96 valence electrons. The number of allylic oxidation sites excluding steroid dienone is 1. The summed E-state index contributed by atoms with van der Waals surface area (Å²) in [5, 5.41) is 0. The highest BCUT2D eigenvalue weighted by molar-refractivity contribution is 6.09. The normalized spacial score (nSPS) is 18.7. The van der Waals surface area contributed by atoms with E-state index in [0.717, 1.165) is 24.0 Å². The predicted octanol–water partition coefficient (Wildman–Crippen LogP) is 2.97. The Labute approximate surface area is 107 Å². The molecule has 18 heavy (non-hydrogen) atoms. The standard InChI is InChI=1S/C15H18O3/c1-2-17-11-18-14-10-6-9-13(14)15(16)12-7-4-3-5-8-12/h3-5,7-9,14H,2,6,10-11H2,1H3. The minimum Gasteiger partial charge on any atom is -0.356 e. The second-order valence-corrected chi connectivity index (χ2v) is 4.20. The van der Waals surface area contributed by atoms with Gasteiger partial charge in [-0.3, -0.25) is 4.79 Å². The Morgan fingerprint density at radius 3 is 2.83 bits per heavy atom. The van der Waals surface area contributed by atoms with Crippen molar-refractivity contribution in [1.29, 1.82) is 0 Å². The second-order valence-electron chi connectivity index (χ2n) is 4.20. The number of hydrogen-bond acceptors (Lipinski definition) is 3. The molecule has 0 fully saturated rings. The molecule has 0 spiro atoms. The van der Waals surface area contributed by atoms with Gasteiger partial charge in [-0.15, -0.1) is 0 Å². The molecule has 1 atom stereocenters. The van der Waals surface area contributed by atoms with Crippen LogP contribution in [-0.4, -0.2) is 25.3 Å². The van der Waals surface area contributed by atoms with Crippen molar-refractivity contribution in [3.8, 4) is 0 Å². The number of benzene rings is 1. The molecular weight excluding hydrogens is 228 g/mol. The van der Waals surface area contributed by atoms with Crippen LogP contribution in [0.15, 0.2) is 42.0 Å². The Kier molecular flexibility index (Phi) is 4.67. The molecule has 2 rings (SSSR count). The molecule has 0 N–H and O–H groups in total. The maximum absolute atomic E-state index is 12.3. The van der Waals surface area contributed by atoms with Crippen molar-refractivity contribution in [2.24, 2.45) is 0 Å². The molecule has 3 nitrogen and oxygen atoms in total. The molecule has 1 aromatic carbocycles. The van der Waals surface area contributed by atoms with E-state index in [-0.39, 0.29) is 18.7 Å². The summed E-state index contributed by atoms with van der Waals surface area (Å²) in [7, 11) is 0. The van der Waals surface area contributed by atoms with Crippen molar-refractivity contribution in [3.63, 3.8) is 0 Å². The molecule has 0 saturated heterocycles. The van der Waals surface area contributed by atoms with Crippen molar-refractivity contribution in [2.75, 3.05) is 13.4 Å². The molecule has 0 aromatic heterocycles. The largest absolute Gasteiger partial charge is 0.356 e. The van der Waals surface area contributed by atoms with Crippen molar-refractivity contribution in [3.05, 3.63) is 47.5 Å². The van der Waals surface area contributed by atoms with Gasteiger partial charge in [0, 0.05) is 17.7 Å². The number of carbonyl (C=O) groups is 1. The van der Waals surface area contributed by atoms with Crippen LogP contribution in [0.1, 0.15) is 30.1 Å². The lowest BCUT2D eigenvalue weighted by Gasteiger charge is -2.15. The van der Waals surface area contributed by atoms with Crippen molar-refractivity contribution >= 4 is 5.78 Å². The molecule has 0 saturated carbocycles. The van der Waals surface area contributed by atoms with Gasteiger partial charge in [-0.1, -0.05) is 36.4 Å². The Morgan fingerprint density at radius 2 is 2.11 bits per heavy atom. The number of ketones is 1. The number of rotatable bonds is 6. The van der Waals surface area contributed by atoms with Gasteiger partial charge in [-0.2, -0.15) is 0 Å². The van der Waals surface area contributed by atoms with Crippen molar-refractivity contribution < 1.29 is 14.3 Å². The number of hydrogen-bond donors (Lipinski definition) is 0. The van der Waals surface area contributed by atoms with Crippen LogP contribution in [0.5, 0.6) is 0 Å². The average Bonchev–Trinajstić information content (AvgIpc) is 2.88. The summed E-state index contributed by atoms with van der Waals surface area (Å²) in [4.78, 5) is 12.3. The van der Waals surface area contributed by atoms with Gasteiger partial charge in [0.1, 0.15) is 6.79 Å². The third kappa shape index (κ3) is 3.06. The van der Waals surface area contributed by atoms with Crippen LogP contribution in [0.2, 0.25) is 0 Å². The first-order valence-electron chi connectivity index (χ1n) is 6.32. The highest BCUT2D eigenvalue weighted by Gasteiger charge is 2.26. The van der Waals surface area contributed by atoms with Crippen LogP contribution in [0.4, 0.5) is 0 Å². The number of carbonyl (C=O) groups excluding carboxylic acids is 1. The van der Waals surface area contributed by atoms with E-state index in [1.165, 1.54) is 0 Å². The molecule has 1 aliphatic rings. The van der Waals surface area contributed by atoms with Gasteiger partial charge in [0.25, 0.3) is 0 Å². The lowest BCUT2D eigenvalue weighted by Crippen LogP contribution is -2.20. The Hall–Kier alpha value is -1.45. The highest BCUT2D eigenvalue weighted by Crippen LogP contribution is 2.25. The molecule has 3 heteroatoms. The van der Waals surface area contributed by atoms with Gasteiger partial charge in [0.2, 0.25) is 0 Å². The van der Waals surface area contributed by atoms with Crippen molar-refractivity contribution in [1.82, 2.24) is 0 Å². The number of ether oxygens (including phenoxy) is 2. The minimum absolute atomic E-state index is 0.0644. The first kappa shape index (κ1) is 13.0. The third-order valence-corrected chi connectivity index (χ3v) is 2.99. The fourth-order valence-corrected chi connectivity index (χ4v) is 2.06. The zero-order valence-electron chi connectivity index (χ0n) is 10.6. The first-order chi connectivity index (χ1) is 8.83. The van der Waals surface area contributed by atoms with Gasteiger partial charge >= 0.3 is 0 Å². The van der Waals surface area contributed by atoms with Crippen LogP contribution in [-0.2, 0) is 9.47 Å². The van der Waals surface area contributed by atoms with Gasteiger partial charge in [0.05, 0.1) is 6.10 Å². The maximum Gasteiger partial charge on any atom is 0.191 e. The maximum atomic E-state index is 12.3. The summed E-state index contributed by atoms with van der Waals surface area (Å²) in [5.74, 6) is 0.0644. The van der Waals surface area contributed by atoms with Crippen LogP contribution in [0.3, 0.4) is 0 Å². The van der Waals surface area contributed by atoms with E-state index < -0.39 is 0 Å². The summed E-state index contributed by atoms with van der Waals surface area (Å²) in [6.45, 7) is 2.79. The zero-order valence-corrected chi connectivity index (χ0v) is 10.6. The Bertz CT molecular complexity index is 423. The molecule has 0 bridgehead atoms. The van der Waals surface area contributed by atoms with E-state index in [1.54, 1.807) is 0 Å². The summed E-state index contributed by atoms with van der Waals surface area (Å²) in [5.41, 5.74) is 1.48. The van der Waals surface area contributed by atoms with Gasteiger partial charge in [-0.05, 0) is 19.8 Å². The lowest BCUT2D eigenvalue weighted by molar-refractivity contribution is -0.0735. The highest BCUT2D eigenvalue weighted by atomic mass is 16.7. The monoisotopic (exact) mass is 246 g/mol. The third-order valence-electron chi connectivity index (χ3n) is 2.99. The molecule has 1 aliphatic carbocycles. The predicted molar refractivity (Wildman–Crippen MR) is 69.5 cm³/mol. The van der Waals surface area contributed by atoms with E-state index in [2.05, 4.69) is 0 Å². The van der Waals surface area contributed by atoms with E-state index in [9.17, 15) is 4.79 Å². The van der Waals surface area contributed by atoms with Crippen molar-refractivity contribution in [2.45, 2.75) is 25.9 Å². The van der Waals surface area contributed by atoms with Gasteiger partial charge in [0.15, 0.2) is 5.78 Å². The van der Waals surface area contributed by atoms with E-state index in [0.29, 0.717) is 6.61 Å². The molecule has 0 aliphatic heterocycles. The van der Waals surface area contributed by atoms with E-state index in [1.807, 2.05) is 43.3 Å². The van der Waals surface area contributed by atoms with Crippen LogP contribution in [0, 0.1) is 0 Å². The van der Waals surface area contributed by atoms with Crippen LogP contribution in [0.25, 0.3) is 0 Å². The van der Waals surface area contributed by atoms with Gasteiger partial charge in [-0.25, -0.2) is 0 Å². The van der Waals surface area contributed by atoms with Crippen LogP contribution < -0.4 is 0 Å². The van der Waals surface area contributed by atoms with E-state index >= 15 is 0 Å². The molecule has 1 aromatic rings. The minimum atomic E-state index is -0.121. The SMILES string of the molecule is CCOCOC1CCC=C1C(=O)c1ccccc1. The second kappa shape index (κ2) is 6.47. The quantitative estimate of drug-likeness (QED) is 0.440. The van der Waals surface area contributed by atoms with Gasteiger partial charge < -0.3 is 9.47 Å². The smallest absolute Gasteiger partial charge is 0.191 e. The molecule has 0 amide bonds. The zero-order chi connectivity index (χ0) is 12.8. The lowest BCUT2D eigenvalue weighted by atomic mass is 10.0. The molecule has 1 unspecified atom stereocenters. The Morgan fingerprint density at radius 1 is 1.33 bits per heavy atom. The first-order valence-corrected chi connectivity index (χ1v) is 6.32. The van der Waals surface area contributed by atoms with Crippen LogP contribution >= 0.6 is 0 Å². The molecular formula is C15H18O3. The summed E-state index contributed by atoms with van der Waals surface area (Å²) in [6.07, 6.45) is 3.61. The Balaban J connectivity index is 2.01. The topological polar surface area (TPSA) is 35.5 Å². The average molecular weight is 246 g/mol. The summed E-state index contributed by atoms with van der Waals surface area (Å²) in [6, 6.07) is 9.32. The summed E-state index contributed by atoms with van der Waals surface area (Å²) >= 11 is 0. The molecule has 0 heterocycles. The number of Topliss-reactive ketones (excluding diaryl/α,β-unsaturated/α-hetero) is 1. The fourth-order valence-electron chi connectivity index (χ4n) is 2.06. The summed E-state index contributed by atoms with van der Waals surface area (Å²) < 4.78 is 10.8. The molecule has 0 radical (unpaired) electrons.